The van der Waals surface area contributed by atoms with Gasteiger partial charge in [-0.05, 0) is 64.2 Å². The fourth-order valence-electron chi connectivity index (χ4n) is 10.9. The number of hydrogen-bond donors (Lipinski definition) is 1. The van der Waals surface area contributed by atoms with E-state index in [9.17, 15) is 19.0 Å². The van der Waals surface area contributed by atoms with Crippen molar-refractivity contribution in [2.45, 2.75) is 380 Å². The van der Waals surface area contributed by atoms with Crippen molar-refractivity contribution in [1.29, 1.82) is 0 Å². The molecular formula is C72H141NO8P+. The van der Waals surface area contributed by atoms with Gasteiger partial charge in [-0.25, -0.2) is 4.57 Å². The van der Waals surface area contributed by atoms with Crippen LogP contribution in [-0.2, 0) is 32.7 Å². The molecule has 0 spiro atoms. The zero-order valence-electron chi connectivity index (χ0n) is 55.5. The normalized spacial score (nSPS) is 13.2. The molecule has 0 aromatic rings. The smallest absolute Gasteiger partial charge is 0.462 e. The first-order valence-corrected chi connectivity index (χ1v) is 37.6. The predicted octanol–water partition coefficient (Wildman–Crippen LogP) is 23.3. The second-order valence-electron chi connectivity index (χ2n) is 26.0. The fourth-order valence-corrected chi connectivity index (χ4v) is 11.6. The van der Waals surface area contributed by atoms with Crippen molar-refractivity contribution < 1.29 is 42.1 Å². The number of likely N-dealkylation sites (N-methyl/N-ethyl adjacent to an activating group) is 1. The summed E-state index contributed by atoms with van der Waals surface area (Å²) in [7, 11) is 1.50. The number of quaternary nitrogens is 1. The van der Waals surface area contributed by atoms with E-state index in [0.717, 1.165) is 32.1 Å². The average molecular weight is 1180 g/mol. The van der Waals surface area contributed by atoms with Gasteiger partial charge in [-0.1, -0.05) is 321 Å². The number of carbonyl (C=O) groups is 2. The molecule has 0 aromatic heterocycles. The maximum absolute atomic E-state index is 12.9. The van der Waals surface area contributed by atoms with Crippen molar-refractivity contribution in [3.8, 4) is 0 Å². The van der Waals surface area contributed by atoms with Gasteiger partial charge in [-0.15, -0.1) is 0 Å². The summed E-state index contributed by atoms with van der Waals surface area (Å²) in [5.74, 6) is -0.774. The molecule has 0 aliphatic heterocycles. The Morgan fingerprint density at radius 2 is 0.622 bits per heavy atom. The predicted molar refractivity (Wildman–Crippen MR) is 354 cm³/mol. The lowest BCUT2D eigenvalue weighted by Gasteiger charge is -2.24. The van der Waals surface area contributed by atoms with Gasteiger partial charge in [0.1, 0.15) is 19.8 Å². The van der Waals surface area contributed by atoms with E-state index in [1.807, 2.05) is 21.1 Å². The minimum Gasteiger partial charge on any atom is -0.462 e. The van der Waals surface area contributed by atoms with Crippen LogP contribution in [0.1, 0.15) is 373 Å². The third-order valence-electron chi connectivity index (χ3n) is 16.5. The highest BCUT2D eigenvalue weighted by molar-refractivity contribution is 7.47. The first-order valence-electron chi connectivity index (χ1n) is 36.1. The van der Waals surface area contributed by atoms with Crippen LogP contribution in [0.25, 0.3) is 0 Å². The third kappa shape index (κ3) is 67.6. The summed E-state index contributed by atoms with van der Waals surface area (Å²) in [5.41, 5.74) is 0. The summed E-state index contributed by atoms with van der Waals surface area (Å²) in [6.07, 6.45) is 80.1. The van der Waals surface area contributed by atoms with Gasteiger partial charge in [0.05, 0.1) is 27.7 Å². The van der Waals surface area contributed by atoms with Crippen molar-refractivity contribution in [3.63, 3.8) is 0 Å². The van der Waals surface area contributed by atoms with Crippen molar-refractivity contribution >= 4 is 19.8 Å². The first kappa shape index (κ1) is 80.5. The van der Waals surface area contributed by atoms with Gasteiger partial charge < -0.3 is 18.9 Å². The Bertz CT molecular complexity index is 1430. The Hall–Kier alpha value is -1.51. The standard InChI is InChI=1S/C72H140NO8P/c1-6-8-10-12-14-16-18-20-22-24-26-28-30-32-34-35-36-37-39-41-43-45-47-49-51-53-55-57-59-61-63-65-72(75)81-70(69-80-82(76,77)79-67-66-73(3,4)5)68-78-71(74)64-62-60-58-56-54-52-50-48-46-44-42-40-38-33-31-29-27-25-23-21-19-17-15-13-11-9-7-2/h24-27,70H,6-23,28-69H2,1-5H3/p+1/b26-24-,27-25-. The van der Waals surface area contributed by atoms with Crippen molar-refractivity contribution in [1.82, 2.24) is 0 Å². The molecule has 0 aliphatic carbocycles. The number of allylic oxidation sites excluding steroid dienone is 4. The van der Waals surface area contributed by atoms with E-state index in [2.05, 4.69) is 38.2 Å². The lowest BCUT2D eigenvalue weighted by molar-refractivity contribution is -0.870. The van der Waals surface area contributed by atoms with E-state index in [4.69, 9.17) is 18.5 Å². The molecule has 2 unspecified atom stereocenters. The molecule has 10 heteroatoms. The molecule has 0 aliphatic rings. The molecule has 0 amide bonds. The van der Waals surface area contributed by atoms with E-state index >= 15 is 0 Å². The quantitative estimate of drug-likeness (QED) is 0.0211. The highest BCUT2D eigenvalue weighted by atomic mass is 31.2. The summed E-state index contributed by atoms with van der Waals surface area (Å²) in [6.45, 7) is 4.51. The molecule has 0 saturated carbocycles. The summed E-state index contributed by atoms with van der Waals surface area (Å²) < 4.78 is 34.8. The van der Waals surface area contributed by atoms with E-state index in [0.29, 0.717) is 23.9 Å². The molecule has 0 fully saturated rings. The van der Waals surface area contributed by atoms with Crippen molar-refractivity contribution in [2.75, 3.05) is 47.5 Å². The fraction of sp³-hybridized carbons (Fsp3) is 0.917. The number of unbranched alkanes of at least 4 members (excludes halogenated alkanes) is 50. The van der Waals surface area contributed by atoms with Crippen LogP contribution < -0.4 is 0 Å². The van der Waals surface area contributed by atoms with E-state index in [-0.39, 0.29) is 25.6 Å². The Labute approximate surface area is 510 Å². The Kier molecular flexibility index (Phi) is 62.8. The molecule has 0 rings (SSSR count). The van der Waals surface area contributed by atoms with Gasteiger partial charge in [0.25, 0.3) is 0 Å². The van der Waals surface area contributed by atoms with Crippen LogP contribution in [0.15, 0.2) is 24.3 Å². The molecule has 0 saturated heterocycles. The van der Waals surface area contributed by atoms with Crippen LogP contribution in [0.5, 0.6) is 0 Å². The van der Waals surface area contributed by atoms with Gasteiger partial charge in [-0.3, -0.25) is 18.6 Å². The molecule has 0 radical (unpaired) electrons. The molecule has 0 heterocycles. The summed E-state index contributed by atoms with van der Waals surface area (Å²) in [5, 5.41) is 0. The molecule has 486 valence electrons. The third-order valence-corrected chi connectivity index (χ3v) is 17.4. The Morgan fingerprint density at radius 3 is 0.902 bits per heavy atom. The maximum Gasteiger partial charge on any atom is 0.472 e. The average Bonchev–Trinajstić information content (AvgIpc) is 3.46. The second-order valence-corrected chi connectivity index (χ2v) is 27.4. The Balaban J connectivity index is 3.98. The van der Waals surface area contributed by atoms with Crippen LogP contribution in [0.3, 0.4) is 0 Å². The van der Waals surface area contributed by atoms with Gasteiger partial charge in [0, 0.05) is 12.8 Å². The molecule has 82 heavy (non-hydrogen) atoms. The number of rotatable bonds is 68. The monoisotopic (exact) mass is 1180 g/mol. The molecule has 0 bridgehead atoms. The summed E-state index contributed by atoms with van der Waals surface area (Å²) in [4.78, 5) is 35.9. The zero-order chi connectivity index (χ0) is 59.8. The number of esters is 2. The van der Waals surface area contributed by atoms with E-state index in [1.54, 1.807) is 0 Å². The van der Waals surface area contributed by atoms with Crippen molar-refractivity contribution in [3.05, 3.63) is 24.3 Å². The molecule has 0 aromatic carbocycles. The second kappa shape index (κ2) is 64.0. The van der Waals surface area contributed by atoms with E-state index < -0.39 is 26.5 Å². The van der Waals surface area contributed by atoms with E-state index in [1.165, 1.54) is 308 Å². The highest BCUT2D eigenvalue weighted by Gasteiger charge is 2.27. The minimum atomic E-state index is -4.39. The number of nitrogens with zero attached hydrogens (tertiary/aromatic N) is 1. The molecule has 2 atom stereocenters. The van der Waals surface area contributed by atoms with Crippen LogP contribution in [0.2, 0.25) is 0 Å². The minimum absolute atomic E-state index is 0.0354. The zero-order valence-corrected chi connectivity index (χ0v) is 56.4. The van der Waals surface area contributed by atoms with Crippen LogP contribution >= 0.6 is 7.82 Å². The lowest BCUT2D eigenvalue weighted by atomic mass is 10.0. The number of ether oxygens (including phenoxy) is 2. The summed E-state index contributed by atoms with van der Waals surface area (Å²) in [6, 6.07) is 0. The van der Waals surface area contributed by atoms with Crippen LogP contribution in [0.4, 0.5) is 0 Å². The van der Waals surface area contributed by atoms with Gasteiger partial charge in [0.15, 0.2) is 6.10 Å². The summed E-state index contributed by atoms with van der Waals surface area (Å²) >= 11 is 0. The van der Waals surface area contributed by atoms with Gasteiger partial charge in [0.2, 0.25) is 0 Å². The number of phosphoric acid groups is 1. The number of carbonyl (C=O) groups excluding carboxylic acids is 2. The largest absolute Gasteiger partial charge is 0.472 e. The molecule has 9 nitrogen and oxygen atoms in total. The molecule has 1 N–H and O–H groups in total. The number of phosphoric ester groups is 1. The van der Waals surface area contributed by atoms with Gasteiger partial charge >= 0.3 is 19.8 Å². The van der Waals surface area contributed by atoms with Crippen LogP contribution in [0, 0.1) is 0 Å². The topological polar surface area (TPSA) is 108 Å². The maximum atomic E-state index is 12.9. The SMILES string of the molecule is CCCCCCCCCC/C=C\CCCCCCCCCCCCCCCCCCCCCC(=O)OC(COC(=O)CCCCCCCCCCCCCCCCC/C=C\CCCCCCCCCC)COP(=O)(O)OCC[N+](C)(C)C. The Morgan fingerprint density at radius 1 is 0.366 bits per heavy atom. The van der Waals surface area contributed by atoms with Crippen molar-refractivity contribution in [2.24, 2.45) is 0 Å². The number of hydrogen-bond acceptors (Lipinski definition) is 7. The highest BCUT2D eigenvalue weighted by Crippen LogP contribution is 2.43. The first-order chi connectivity index (χ1) is 40.0. The lowest BCUT2D eigenvalue weighted by Crippen LogP contribution is -2.37. The van der Waals surface area contributed by atoms with Gasteiger partial charge in [-0.2, -0.15) is 0 Å². The molecular weight excluding hydrogens is 1040 g/mol. The van der Waals surface area contributed by atoms with Crippen LogP contribution in [-0.4, -0.2) is 74.9 Å².